The Kier molecular flexibility index (Phi) is 5.11. The fraction of sp³-hybridized carbons (Fsp3) is 0.538. The zero-order valence-electron chi connectivity index (χ0n) is 10.8. The fourth-order valence-electron chi connectivity index (χ4n) is 2.18. The molecule has 1 amide bonds. The van der Waals surface area contributed by atoms with Gasteiger partial charge in [0.2, 0.25) is 0 Å². The van der Waals surface area contributed by atoms with Gasteiger partial charge < -0.3 is 10.6 Å². The average Bonchev–Trinajstić information content (AvgIpc) is 2.33. The van der Waals surface area contributed by atoms with Gasteiger partial charge in [-0.25, -0.2) is 0 Å². The van der Waals surface area contributed by atoms with Crippen LogP contribution in [0.4, 0.5) is 0 Å². The van der Waals surface area contributed by atoms with Gasteiger partial charge in [-0.3, -0.25) is 9.78 Å². The number of carbonyl (C=O) groups excluding carboxylic acids is 1. The maximum Gasteiger partial charge on any atom is 0.253 e. The Labute approximate surface area is 114 Å². The molecule has 0 spiro atoms. The highest BCUT2D eigenvalue weighted by Gasteiger charge is 2.33. The zero-order valence-corrected chi connectivity index (χ0v) is 11.6. The van der Waals surface area contributed by atoms with Gasteiger partial charge in [0.05, 0.1) is 5.56 Å². The summed E-state index contributed by atoms with van der Waals surface area (Å²) in [5, 5.41) is 6.46. The minimum absolute atomic E-state index is 0. The average molecular weight is 270 g/mol. The van der Waals surface area contributed by atoms with E-state index in [0.717, 1.165) is 19.5 Å². The number of aromatic nitrogens is 1. The molecule has 1 aliphatic rings. The highest BCUT2D eigenvalue weighted by Crippen LogP contribution is 2.25. The largest absolute Gasteiger partial charge is 0.349 e. The Balaban J connectivity index is 0.00000162. The van der Waals surface area contributed by atoms with E-state index in [9.17, 15) is 4.79 Å². The van der Waals surface area contributed by atoms with E-state index in [2.05, 4.69) is 29.5 Å². The molecule has 5 heteroatoms. The Morgan fingerprint density at radius 2 is 2.33 bits per heavy atom. The summed E-state index contributed by atoms with van der Waals surface area (Å²) in [4.78, 5) is 16.0. The van der Waals surface area contributed by atoms with Gasteiger partial charge in [0.1, 0.15) is 0 Å². The van der Waals surface area contributed by atoms with E-state index >= 15 is 0 Å². The predicted molar refractivity (Wildman–Crippen MR) is 74.0 cm³/mol. The Morgan fingerprint density at radius 3 is 2.94 bits per heavy atom. The van der Waals surface area contributed by atoms with Crippen LogP contribution in [0.2, 0.25) is 0 Å². The number of halogens is 1. The molecule has 0 aromatic carbocycles. The molecule has 2 heterocycles. The number of hydrogen-bond acceptors (Lipinski definition) is 3. The van der Waals surface area contributed by atoms with Gasteiger partial charge in [0, 0.05) is 25.0 Å². The van der Waals surface area contributed by atoms with Crippen molar-refractivity contribution in [2.24, 2.45) is 5.41 Å². The molecular weight excluding hydrogens is 250 g/mol. The van der Waals surface area contributed by atoms with Gasteiger partial charge in [0.25, 0.3) is 5.91 Å². The second-order valence-electron chi connectivity index (χ2n) is 5.22. The van der Waals surface area contributed by atoms with Crippen LogP contribution in [-0.4, -0.2) is 30.0 Å². The number of piperidine rings is 1. The Bertz CT molecular complexity index is 394. The normalized spacial score (nSPS) is 21.8. The van der Waals surface area contributed by atoms with E-state index in [1.807, 2.05) is 0 Å². The standard InChI is InChI=1S/C13H19N3O.ClH/c1-13(2)9-15-7-5-11(13)16-12(17)10-4-3-6-14-8-10;/h3-4,6,8,11,15H,5,7,9H2,1-2H3,(H,16,17);1H. The molecular formula is C13H20ClN3O. The minimum atomic E-state index is -0.0296. The van der Waals surface area contributed by atoms with Crippen molar-refractivity contribution in [1.82, 2.24) is 15.6 Å². The lowest BCUT2D eigenvalue weighted by Gasteiger charge is -2.39. The number of amides is 1. The molecule has 1 aromatic rings. The number of carbonyl (C=O) groups is 1. The van der Waals surface area contributed by atoms with Crippen molar-refractivity contribution in [2.75, 3.05) is 13.1 Å². The third-order valence-corrected chi connectivity index (χ3v) is 3.36. The highest BCUT2D eigenvalue weighted by molar-refractivity contribution is 5.94. The third kappa shape index (κ3) is 3.43. The lowest BCUT2D eigenvalue weighted by molar-refractivity contribution is 0.0868. The SMILES string of the molecule is CC1(C)CNCCC1NC(=O)c1cccnc1.Cl. The van der Waals surface area contributed by atoms with Crippen LogP contribution in [0.1, 0.15) is 30.6 Å². The smallest absolute Gasteiger partial charge is 0.253 e. The van der Waals surface area contributed by atoms with Crippen LogP contribution < -0.4 is 10.6 Å². The van der Waals surface area contributed by atoms with Gasteiger partial charge in [-0.15, -0.1) is 12.4 Å². The van der Waals surface area contributed by atoms with Crippen molar-refractivity contribution in [3.05, 3.63) is 30.1 Å². The molecule has 0 radical (unpaired) electrons. The lowest BCUT2D eigenvalue weighted by Crippen LogP contribution is -2.54. The molecule has 1 aromatic heterocycles. The molecule has 0 aliphatic carbocycles. The Hall–Kier alpha value is -1.13. The first kappa shape index (κ1) is 14.9. The lowest BCUT2D eigenvalue weighted by atomic mass is 9.80. The van der Waals surface area contributed by atoms with E-state index in [4.69, 9.17) is 0 Å². The summed E-state index contributed by atoms with van der Waals surface area (Å²) in [5.41, 5.74) is 0.720. The van der Waals surface area contributed by atoms with Crippen LogP contribution in [0, 0.1) is 5.41 Å². The van der Waals surface area contributed by atoms with E-state index < -0.39 is 0 Å². The molecule has 1 fully saturated rings. The predicted octanol–water partition coefficient (Wildman–Crippen LogP) is 1.62. The second-order valence-corrected chi connectivity index (χ2v) is 5.22. The van der Waals surface area contributed by atoms with E-state index in [0.29, 0.717) is 5.56 Å². The monoisotopic (exact) mass is 269 g/mol. The molecule has 2 N–H and O–H groups in total. The van der Waals surface area contributed by atoms with Crippen LogP contribution in [0.15, 0.2) is 24.5 Å². The van der Waals surface area contributed by atoms with Crippen molar-refractivity contribution in [1.29, 1.82) is 0 Å². The van der Waals surface area contributed by atoms with Crippen molar-refractivity contribution >= 4 is 18.3 Å². The maximum absolute atomic E-state index is 12.0. The summed E-state index contributed by atoms with van der Waals surface area (Å²) in [6.07, 6.45) is 4.24. The molecule has 1 atom stereocenters. The summed E-state index contributed by atoms with van der Waals surface area (Å²) >= 11 is 0. The molecule has 0 saturated carbocycles. The summed E-state index contributed by atoms with van der Waals surface area (Å²) in [5.74, 6) is -0.0296. The zero-order chi connectivity index (χ0) is 12.3. The van der Waals surface area contributed by atoms with Gasteiger partial charge in [-0.2, -0.15) is 0 Å². The van der Waals surface area contributed by atoms with Crippen molar-refractivity contribution < 1.29 is 4.79 Å². The first-order valence-corrected chi connectivity index (χ1v) is 6.01. The summed E-state index contributed by atoms with van der Waals surface area (Å²) in [7, 11) is 0. The van der Waals surface area contributed by atoms with Gasteiger partial charge in [0.15, 0.2) is 0 Å². The number of hydrogen-bond donors (Lipinski definition) is 2. The van der Waals surface area contributed by atoms with Crippen LogP contribution in [-0.2, 0) is 0 Å². The minimum Gasteiger partial charge on any atom is -0.349 e. The molecule has 1 unspecified atom stereocenters. The maximum atomic E-state index is 12.0. The Morgan fingerprint density at radius 1 is 1.56 bits per heavy atom. The van der Waals surface area contributed by atoms with Gasteiger partial charge in [-0.1, -0.05) is 13.8 Å². The molecule has 1 saturated heterocycles. The summed E-state index contributed by atoms with van der Waals surface area (Å²) < 4.78 is 0. The molecule has 2 rings (SSSR count). The van der Waals surface area contributed by atoms with E-state index in [1.54, 1.807) is 24.5 Å². The van der Waals surface area contributed by atoms with Gasteiger partial charge >= 0.3 is 0 Å². The second kappa shape index (κ2) is 6.16. The third-order valence-electron chi connectivity index (χ3n) is 3.36. The number of nitrogens with one attached hydrogen (secondary N) is 2. The first-order valence-electron chi connectivity index (χ1n) is 6.01. The van der Waals surface area contributed by atoms with Crippen LogP contribution in [0.3, 0.4) is 0 Å². The topological polar surface area (TPSA) is 54.0 Å². The molecule has 18 heavy (non-hydrogen) atoms. The van der Waals surface area contributed by atoms with Gasteiger partial charge in [-0.05, 0) is 30.5 Å². The quantitative estimate of drug-likeness (QED) is 0.858. The summed E-state index contributed by atoms with van der Waals surface area (Å²) in [6.45, 7) is 6.24. The molecule has 0 bridgehead atoms. The van der Waals surface area contributed by atoms with E-state index in [-0.39, 0.29) is 29.8 Å². The molecule has 1 aliphatic heterocycles. The summed E-state index contributed by atoms with van der Waals surface area (Å²) in [6, 6.07) is 3.79. The van der Waals surface area contributed by atoms with E-state index in [1.165, 1.54) is 0 Å². The fourth-order valence-corrected chi connectivity index (χ4v) is 2.18. The van der Waals surface area contributed by atoms with Crippen LogP contribution in [0.5, 0.6) is 0 Å². The van der Waals surface area contributed by atoms with Crippen molar-refractivity contribution in [2.45, 2.75) is 26.3 Å². The number of nitrogens with zero attached hydrogens (tertiary/aromatic N) is 1. The number of rotatable bonds is 2. The van der Waals surface area contributed by atoms with Crippen molar-refractivity contribution in [3.63, 3.8) is 0 Å². The highest BCUT2D eigenvalue weighted by atomic mass is 35.5. The molecule has 100 valence electrons. The molecule has 4 nitrogen and oxygen atoms in total. The van der Waals surface area contributed by atoms with Crippen LogP contribution >= 0.6 is 12.4 Å². The number of pyridine rings is 1. The van der Waals surface area contributed by atoms with Crippen molar-refractivity contribution in [3.8, 4) is 0 Å². The first-order chi connectivity index (χ1) is 8.09. The van der Waals surface area contributed by atoms with Crippen LogP contribution in [0.25, 0.3) is 0 Å².